The van der Waals surface area contributed by atoms with Crippen LogP contribution in [0.15, 0.2) is 41.9 Å². The molecule has 2 aliphatic carbocycles. The van der Waals surface area contributed by atoms with Crippen molar-refractivity contribution in [3.05, 3.63) is 58.2 Å². The molecule has 11 nitrogen and oxygen atoms in total. The van der Waals surface area contributed by atoms with Crippen LogP contribution in [0.2, 0.25) is 0 Å². The number of pyridine rings is 1. The van der Waals surface area contributed by atoms with Crippen molar-refractivity contribution in [3.63, 3.8) is 0 Å². The van der Waals surface area contributed by atoms with Crippen molar-refractivity contribution < 1.29 is 23.9 Å². The SMILES string of the molecule is CCn1c(-c2cccnc2C(C)OC)c2c3cc(ccc31)-c1csc(n1)CC(NC(=O)C1C(C)C1C)C(=O)N1CC3CCC3C(N1)C(=O)OCC(C)(C)C2. The van der Waals surface area contributed by atoms with Gasteiger partial charge in [0, 0.05) is 71.6 Å². The number of hydrogen-bond donors (Lipinski definition) is 2. The molecule has 0 radical (unpaired) electrons. The highest BCUT2D eigenvalue weighted by Gasteiger charge is 2.51. The van der Waals surface area contributed by atoms with Gasteiger partial charge in [0.1, 0.15) is 12.1 Å². The minimum Gasteiger partial charge on any atom is -0.464 e. The standard InChI is InChI=1S/C42H52N6O5S/c1-8-47-33-14-12-25-16-29(33)30(38(47)28-10-9-15-43-36(28)24(4)52-7)18-42(5,6)21-53-41(51)37-27-13-11-26(27)19-48(46-37)40(50)31(17-34-44-32(25)20-54-34)45-39(49)35-22(2)23(35)3/h9-10,12,14-16,20,22-24,26-27,31,35,37,46H,8,11,13,17-19,21H2,1-7H3,(H,45,49). The molecule has 5 heterocycles. The summed E-state index contributed by atoms with van der Waals surface area (Å²) in [5, 5.41) is 8.60. The molecule has 6 bridgehead atoms. The maximum Gasteiger partial charge on any atom is 0.325 e. The number of aromatic nitrogens is 3. The number of hydrazine groups is 1. The van der Waals surface area contributed by atoms with Gasteiger partial charge in [0.2, 0.25) is 5.91 Å². The quantitative estimate of drug-likeness (QED) is 0.218. The molecule has 3 fully saturated rings. The van der Waals surface area contributed by atoms with E-state index in [0.29, 0.717) is 13.0 Å². The van der Waals surface area contributed by atoms with Gasteiger partial charge in [-0.3, -0.25) is 24.4 Å². The Morgan fingerprint density at radius 2 is 1.98 bits per heavy atom. The summed E-state index contributed by atoms with van der Waals surface area (Å²) in [5.41, 5.74) is 9.86. The van der Waals surface area contributed by atoms with Gasteiger partial charge >= 0.3 is 5.97 Å². The zero-order valence-electron chi connectivity index (χ0n) is 32.3. The number of cyclic esters (lactones) is 1. The number of thiazole rings is 1. The number of benzene rings is 1. The van der Waals surface area contributed by atoms with E-state index in [-0.39, 0.29) is 66.5 Å². The van der Waals surface area contributed by atoms with Crippen LogP contribution in [0.3, 0.4) is 0 Å². The van der Waals surface area contributed by atoms with Crippen molar-refractivity contribution in [2.75, 3.05) is 20.3 Å². The second kappa shape index (κ2) is 14.2. The lowest BCUT2D eigenvalue weighted by atomic mass is 9.68. The monoisotopic (exact) mass is 752 g/mol. The van der Waals surface area contributed by atoms with Gasteiger partial charge in [0.05, 0.1) is 34.8 Å². The lowest BCUT2D eigenvalue weighted by Gasteiger charge is -2.49. The molecule has 286 valence electrons. The van der Waals surface area contributed by atoms with Crippen LogP contribution >= 0.6 is 11.3 Å². The van der Waals surface area contributed by atoms with E-state index in [4.69, 9.17) is 19.4 Å². The number of methoxy groups -OCH3 is 1. The fraction of sp³-hybridized carbons (Fsp3) is 0.548. The maximum atomic E-state index is 14.4. The van der Waals surface area contributed by atoms with Gasteiger partial charge in [-0.15, -0.1) is 11.3 Å². The minimum atomic E-state index is -0.825. The van der Waals surface area contributed by atoms with E-state index in [1.807, 2.05) is 24.6 Å². The number of nitrogens with zero attached hydrogens (tertiary/aromatic N) is 4. The molecular formula is C42H52N6O5S. The average molecular weight is 753 g/mol. The highest BCUT2D eigenvalue weighted by molar-refractivity contribution is 7.10. The lowest BCUT2D eigenvalue weighted by Crippen LogP contribution is -2.67. The molecule has 12 heteroatoms. The van der Waals surface area contributed by atoms with Crippen molar-refractivity contribution in [2.45, 2.75) is 92.0 Å². The number of amides is 2. The highest BCUT2D eigenvalue weighted by atomic mass is 32.1. The average Bonchev–Trinajstić information content (AvgIpc) is 3.42. The number of carbonyl (C=O) groups is 3. The highest BCUT2D eigenvalue weighted by Crippen LogP contribution is 2.46. The van der Waals surface area contributed by atoms with E-state index >= 15 is 0 Å². The first-order valence-electron chi connectivity index (χ1n) is 19.5. The summed E-state index contributed by atoms with van der Waals surface area (Å²) in [6, 6.07) is 9.13. The number of esters is 1. The van der Waals surface area contributed by atoms with Crippen molar-refractivity contribution >= 4 is 40.0 Å². The molecule has 1 aromatic carbocycles. The largest absolute Gasteiger partial charge is 0.464 e. The summed E-state index contributed by atoms with van der Waals surface area (Å²) >= 11 is 1.50. The van der Waals surface area contributed by atoms with Crippen molar-refractivity contribution in [1.29, 1.82) is 0 Å². The molecule has 7 unspecified atom stereocenters. The summed E-state index contributed by atoms with van der Waals surface area (Å²) in [5.74, 6) is 0.0217. The van der Waals surface area contributed by atoms with Crippen LogP contribution in [0.5, 0.6) is 0 Å². The first-order valence-corrected chi connectivity index (χ1v) is 20.4. The van der Waals surface area contributed by atoms with Crippen LogP contribution in [0.1, 0.15) is 76.8 Å². The van der Waals surface area contributed by atoms with Crippen LogP contribution in [0.4, 0.5) is 0 Å². The van der Waals surface area contributed by atoms with Gasteiger partial charge in [-0.05, 0) is 86.6 Å². The third-order valence-corrected chi connectivity index (χ3v) is 13.5. The molecule has 7 atom stereocenters. The number of aryl methyl sites for hydroxylation is 1. The van der Waals surface area contributed by atoms with Crippen molar-refractivity contribution in [3.8, 4) is 22.5 Å². The van der Waals surface area contributed by atoms with Gasteiger partial charge < -0.3 is 19.4 Å². The number of ether oxygens (including phenoxy) is 2. The van der Waals surface area contributed by atoms with Crippen molar-refractivity contribution in [2.24, 2.45) is 35.0 Å². The van der Waals surface area contributed by atoms with Gasteiger partial charge in [-0.1, -0.05) is 33.8 Å². The fourth-order valence-electron chi connectivity index (χ4n) is 9.04. The Hall–Kier alpha value is -4.13. The van der Waals surface area contributed by atoms with E-state index in [1.54, 1.807) is 12.1 Å². The molecule has 8 rings (SSSR count). The van der Waals surface area contributed by atoms with E-state index in [0.717, 1.165) is 69.1 Å². The molecule has 54 heavy (non-hydrogen) atoms. The maximum absolute atomic E-state index is 14.4. The van der Waals surface area contributed by atoms with Crippen LogP contribution in [-0.2, 0) is 43.2 Å². The van der Waals surface area contributed by atoms with Crippen LogP contribution in [0.25, 0.3) is 33.4 Å². The Labute approximate surface area is 321 Å². The summed E-state index contributed by atoms with van der Waals surface area (Å²) in [7, 11) is 1.70. The molecular weight excluding hydrogens is 701 g/mol. The Morgan fingerprint density at radius 1 is 1.19 bits per heavy atom. The van der Waals surface area contributed by atoms with Crippen LogP contribution in [0, 0.1) is 35.0 Å². The normalized spacial score (nSPS) is 28.4. The summed E-state index contributed by atoms with van der Waals surface area (Å²) in [6.07, 6.45) is 4.33. The molecule has 2 amide bonds. The zero-order valence-corrected chi connectivity index (χ0v) is 33.2. The molecule has 4 aromatic rings. The number of hydrogen-bond acceptors (Lipinski definition) is 9. The van der Waals surface area contributed by atoms with Gasteiger partial charge in [0.15, 0.2) is 0 Å². The Kier molecular flexibility index (Phi) is 9.67. The summed E-state index contributed by atoms with van der Waals surface area (Å²) < 4.78 is 14.4. The van der Waals surface area contributed by atoms with Crippen LogP contribution < -0.4 is 10.7 Å². The van der Waals surface area contributed by atoms with E-state index < -0.39 is 17.5 Å². The molecule has 0 spiro atoms. The summed E-state index contributed by atoms with van der Waals surface area (Å²) in [4.78, 5) is 51.7. The fourth-order valence-corrected chi connectivity index (χ4v) is 9.89. The molecule has 1 saturated heterocycles. The first-order chi connectivity index (χ1) is 25.9. The lowest BCUT2D eigenvalue weighted by molar-refractivity contribution is -0.165. The Balaban J connectivity index is 1.25. The number of fused-ring (bicyclic) bond motifs is 8. The molecule has 2 N–H and O–H groups in total. The Bertz CT molecular complexity index is 2100. The first kappa shape index (κ1) is 36.8. The number of nitrogens with one attached hydrogen (secondary N) is 2. The topological polar surface area (TPSA) is 128 Å². The molecule has 3 aromatic heterocycles. The molecule has 2 aliphatic heterocycles. The van der Waals surface area contributed by atoms with E-state index in [9.17, 15) is 14.4 Å². The predicted octanol–water partition coefficient (Wildman–Crippen LogP) is 6.35. The van der Waals surface area contributed by atoms with Gasteiger partial charge in [-0.25, -0.2) is 10.4 Å². The van der Waals surface area contributed by atoms with Gasteiger partial charge in [0.25, 0.3) is 5.91 Å². The van der Waals surface area contributed by atoms with E-state index in [1.165, 1.54) is 11.3 Å². The summed E-state index contributed by atoms with van der Waals surface area (Å²) in [6.45, 7) is 14.0. The smallest absolute Gasteiger partial charge is 0.325 e. The second-order valence-electron chi connectivity index (χ2n) is 16.8. The van der Waals surface area contributed by atoms with Crippen molar-refractivity contribution in [1.82, 2.24) is 30.3 Å². The third kappa shape index (κ3) is 6.53. The van der Waals surface area contributed by atoms with Crippen LogP contribution in [-0.4, -0.2) is 69.7 Å². The third-order valence-electron chi connectivity index (χ3n) is 12.7. The molecule has 2 saturated carbocycles. The molecule has 4 aliphatic rings. The Morgan fingerprint density at radius 3 is 2.69 bits per heavy atom. The number of rotatable bonds is 6. The van der Waals surface area contributed by atoms with E-state index in [2.05, 4.69) is 74.2 Å². The zero-order chi connectivity index (χ0) is 38.1. The minimum absolute atomic E-state index is 0.0947. The predicted molar refractivity (Wildman–Crippen MR) is 208 cm³/mol. The second-order valence-corrected chi connectivity index (χ2v) is 17.7. The number of carbonyl (C=O) groups excluding carboxylic acids is 3. The van der Waals surface area contributed by atoms with Gasteiger partial charge in [-0.2, -0.15) is 0 Å².